The smallest absolute Gasteiger partial charge is 0.0163 e. The maximum absolute atomic E-state index is 2.18. The van der Waals surface area contributed by atoms with Gasteiger partial charge in [-0.2, -0.15) is 0 Å². The summed E-state index contributed by atoms with van der Waals surface area (Å²) in [5.41, 5.74) is 0. The van der Waals surface area contributed by atoms with Crippen LogP contribution >= 0.6 is 0 Å². The molecule has 4 aromatic carbocycles. The van der Waals surface area contributed by atoms with Crippen molar-refractivity contribution in [2.24, 2.45) is 0 Å². The SMILES string of the molecule is C1=CCC=C1.C1=CCC=C1.C1=CCC=C1.CC.CC.CC.CC.CC.CC.CC.CC.CC.CC.CC.CC.CCCC.CCCC.CCCC.CCCC.CCCC.CCCC.c1ccc2ccccc2c1.c1ccccc1.c1ccccc1. The topological polar surface area (TPSA) is 0 Å². The van der Waals surface area contributed by atoms with E-state index in [1.165, 1.54) is 87.8 Å². The standard InChI is InChI=1S/C10H8.2C6H6.3C5H6.6C4H10.12C2H6/c1-2-6-10-8-4-3-7-9(10)5-1;2*1-2-4-6-5-3-1;3*1-2-4-5-3-1;6*1-3-4-2;12*1-2/h1-8H;2*1-6H;3*1-4H,5H2;6*3-4H2,1-2H3;12*1-2H3. The van der Waals surface area contributed by atoms with Crippen molar-refractivity contribution in [3.05, 3.63) is 194 Å². The van der Waals surface area contributed by atoms with E-state index in [2.05, 4.69) is 205 Å². The first-order valence-corrected chi connectivity index (χ1v) is 36.3. The molecule has 7 rings (SSSR count). The van der Waals surface area contributed by atoms with Crippen molar-refractivity contribution in [1.82, 2.24) is 0 Å². The highest BCUT2D eigenvalue weighted by Gasteiger charge is 1.85. The molecule has 3 aliphatic carbocycles. The molecular weight excluding hydrogens is 1020 g/mol. The van der Waals surface area contributed by atoms with Crippen molar-refractivity contribution in [3.8, 4) is 0 Å². The summed E-state index contributed by atoms with van der Waals surface area (Å²) >= 11 is 0. The van der Waals surface area contributed by atoms with Crippen LogP contribution in [0.4, 0.5) is 0 Å². The minimum atomic E-state index is 1.14. The zero-order valence-corrected chi connectivity index (χ0v) is 66.1. The average molecular weight is 1190 g/mol. The Morgan fingerprint density at radius 3 is 0.318 bits per heavy atom. The fourth-order valence-corrected chi connectivity index (χ4v) is 3.08. The van der Waals surface area contributed by atoms with E-state index >= 15 is 0 Å². The van der Waals surface area contributed by atoms with Gasteiger partial charge in [0.15, 0.2) is 0 Å². The Kier molecular flexibility index (Phi) is 309. The van der Waals surface area contributed by atoms with Gasteiger partial charge in [0.05, 0.1) is 0 Å². The molecular formula is C85H170. The zero-order valence-electron chi connectivity index (χ0n) is 66.1. The summed E-state index contributed by atoms with van der Waals surface area (Å²) in [6, 6.07) is 40.7. The fraction of sp³-hybridized carbons (Fsp3) is 0.600. The van der Waals surface area contributed by atoms with E-state index < -0.39 is 0 Å². The molecule has 0 N–H and O–H groups in total. The minimum absolute atomic E-state index is 1.14. The van der Waals surface area contributed by atoms with Gasteiger partial charge in [-0.05, 0) is 30.0 Å². The number of rotatable bonds is 6. The molecule has 0 saturated carbocycles. The number of allylic oxidation sites excluding steroid dienone is 12. The Balaban J connectivity index is -0.0000000387. The summed E-state index contributed by atoms with van der Waals surface area (Å²) in [5, 5.41) is 2.62. The third kappa shape index (κ3) is 221. The quantitative estimate of drug-likeness (QED) is 0.181. The van der Waals surface area contributed by atoms with E-state index in [0.717, 1.165) is 19.3 Å². The highest BCUT2D eigenvalue weighted by atomic mass is 13.9. The van der Waals surface area contributed by atoms with Crippen LogP contribution in [0.15, 0.2) is 194 Å². The molecule has 0 atom stereocenters. The second kappa shape index (κ2) is 208. The molecule has 3 aliphatic rings. The first-order valence-electron chi connectivity index (χ1n) is 36.3. The molecule has 0 amide bonds. The van der Waals surface area contributed by atoms with E-state index in [0.29, 0.717) is 0 Å². The molecule has 0 spiro atoms. The van der Waals surface area contributed by atoms with Gasteiger partial charge >= 0.3 is 0 Å². The maximum atomic E-state index is 2.18. The van der Waals surface area contributed by atoms with Gasteiger partial charge in [-0.1, -0.05) is 521 Å². The third-order valence-electron chi connectivity index (χ3n) is 7.96. The lowest BCUT2D eigenvalue weighted by Gasteiger charge is -1.92. The van der Waals surface area contributed by atoms with Gasteiger partial charge in [-0.25, -0.2) is 0 Å². The van der Waals surface area contributed by atoms with Crippen LogP contribution in [0.25, 0.3) is 10.8 Å². The van der Waals surface area contributed by atoms with E-state index in [-0.39, 0.29) is 0 Å². The van der Waals surface area contributed by atoms with Crippen LogP contribution < -0.4 is 0 Å². The van der Waals surface area contributed by atoms with E-state index in [1.54, 1.807) is 0 Å². The molecule has 0 saturated heterocycles. The molecule has 0 radical (unpaired) electrons. The van der Waals surface area contributed by atoms with Crippen LogP contribution in [0.2, 0.25) is 0 Å². The monoisotopic (exact) mass is 1190 g/mol. The number of hydrogen-bond donors (Lipinski definition) is 0. The van der Waals surface area contributed by atoms with Crippen molar-refractivity contribution in [2.45, 2.75) is 346 Å². The van der Waals surface area contributed by atoms with Gasteiger partial charge in [0.25, 0.3) is 0 Å². The highest BCUT2D eigenvalue weighted by molar-refractivity contribution is 5.82. The van der Waals surface area contributed by atoms with Crippen LogP contribution in [0.5, 0.6) is 0 Å². The first-order chi connectivity index (χ1) is 42.0. The lowest BCUT2D eigenvalue weighted by Crippen LogP contribution is -1.67. The van der Waals surface area contributed by atoms with Crippen molar-refractivity contribution in [3.63, 3.8) is 0 Å². The van der Waals surface area contributed by atoms with Crippen molar-refractivity contribution in [2.75, 3.05) is 0 Å². The number of hydrogen-bond acceptors (Lipinski definition) is 0. The van der Waals surface area contributed by atoms with Crippen molar-refractivity contribution >= 4 is 10.8 Å². The van der Waals surface area contributed by atoms with Gasteiger partial charge in [0.1, 0.15) is 0 Å². The molecule has 85 heavy (non-hydrogen) atoms. The van der Waals surface area contributed by atoms with Gasteiger partial charge in [-0.15, -0.1) is 0 Å². The van der Waals surface area contributed by atoms with E-state index in [9.17, 15) is 0 Å². The molecule has 0 bridgehead atoms. The van der Waals surface area contributed by atoms with Crippen LogP contribution in [0, 0.1) is 0 Å². The third-order valence-corrected chi connectivity index (χ3v) is 7.96. The van der Waals surface area contributed by atoms with Gasteiger partial charge in [0.2, 0.25) is 0 Å². The summed E-state index contributed by atoms with van der Waals surface area (Å²) in [7, 11) is 0. The predicted octanol–water partition coefficient (Wildman–Crippen LogP) is 33.9. The summed E-state index contributed by atoms with van der Waals surface area (Å²) < 4.78 is 0. The normalized spacial score (nSPS) is 8.38. The lowest BCUT2D eigenvalue weighted by atomic mass is 10.1. The minimum Gasteiger partial charge on any atom is -0.0808 e. The Hall–Kier alpha value is -4.42. The van der Waals surface area contributed by atoms with Crippen molar-refractivity contribution < 1.29 is 0 Å². The molecule has 0 nitrogen and oxygen atoms in total. The average Bonchev–Trinajstić information content (AvgIpc) is 4.54. The Morgan fingerprint density at radius 2 is 0.259 bits per heavy atom. The lowest BCUT2D eigenvalue weighted by molar-refractivity contribution is 0.886. The van der Waals surface area contributed by atoms with Crippen LogP contribution in [-0.2, 0) is 0 Å². The van der Waals surface area contributed by atoms with Crippen molar-refractivity contribution in [1.29, 1.82) is 0 Å². The Bertz CT molecular complexity index is 1140. The van der Waals surface area contributed by atoms with E-state index in [1.807, 2.05) is 239 Å². The van der Waals surface area contributed by atoms with Crippen LogP contribution in [-0.4, -0.2) is 0 Å². The Morgan fingerprint density at radius 1 is 0.165 bits per heavy atom. The first kappa shape index (κ1) is 126. The van der Waals surface area contributed by atoms with Crippen LogP contribution in [0.3, 0.4) is 0 Å². The van der Waals surface area contributed by atoms with Gasteiger partial charge < -0.3 is 0 Å². The predicted molar refractivity (Wildman–Crippen MR) is 425 cm³/mol. The van der Waals surface area contributed by atoms with Gasteiger partial charge in [-0.3, -0.25) is 0 Å². The second-order valence-corrected chi connectivity index (χ2v) is 13.9. The van der Waals surface area contributed by atoms with Gasteiger partial charge in [0, 0.05) is 0 Å². The number of fused-ring (bicyclic) bond motifs is 1. The highest BCUT2D eigenvalue weighted by Crippen LogP contribution is 2.11. The fourth-order valence-electron chi connectivity index (χ4n) is 3.08. The zero-order chi connectivity index (χ0) is 70.4. The molecule has 0 aliphatic heterocycles. The largest absolute Gasteiger partial charge is 0.0808 e. The van der Waals surface area contributed by atoms with E-state index in [4.69, 9.17) is 0 Å². The molecule has 0 heteroatoms. The summed E-state index contributed by atoms with van der Waals surface area (Å²) in [6.07, 6.45) is 44.3. The molecule has 4 aromatic rings. The molecule has 0 heterocycles. The molecule has 0 fully saturated rings. The maximum Gasteiger partial charge on any atom is -0.0163 e. The summed E-state index contributed by atoms with van der Waals surface area (Å²) in [6.45, 7) is 74.2. The molecule has 0 aromatic heterocycles. The number of benzene rings is 4. The Labute approximate surface area is 547 Å². The molecule has 0 unspecified atom stereocenters. The summed E-state index contributed by atoms with van der Waals surface area (Å²) in [4.78, 5) is 0. The molecule has 510 valence electrons. The second-order valence-electron chi connectivity index (χ2n) is 13.9. The summed E-state index contributed by atoms with van der Waals surface area (Å²) in [5.74, 6) is 0. The number of unbranched alkanes of at least 4 members (excludes halogenated alkanes) is 6. The van der Waals surface area contributed by atoms with Crippen LogP contribution in [0.1, 0.15) is 346 Å².